The first-order chi connectivity index (χ1) is 22.0. The van der Waals surface area contributed by atoms with Crippen molar-refractivity contribution in [2.75, 3.05) is 0 Å². The molecule has 0 spiro atoms. The molecule has 0 fully saturated rings. The average Bonchev–Trinajstić information content (AvgIpc) is 3.04. The molecule has 8 aromatic carbocycles. The lowest BCUT2D eigenvalue weighted by molar-refractivity contribution is 0.475. The number of fused-ring (bicyclic) bond motifs is 4. The van der Waals surface area contributed by atoms with Crippen LogP contribution in [0.3, 0.4) is 0 Å². The zero-order valence-corrected chi connectivity index (χ0v) is 23.9. The maximum absolute atomic E-state index is 11.1. The van der Waals surface area contributed by atoms with E-state index in [1.165, 1.54) is 0 Å². The standard InChI is InChI=1S/C40H26O5/c41-27-13-16-30-24(21-27)5-1-8-34(30)40-35-9-4-12-39(33(35)19-20-36(40)43)45-38-11-3-7-26-23-29(15-18-32(26)38)44-37-10-2-6-25-22-28(42)14-17-31(25)37/h1-23,41-43H. The number of ether oxygens (including phenoxy) is 2. The highest BCUT2D eigenvalue weighted by Crippen LogP contribution is 2.44. The van der Waals surface area contributed by atoms with Crippen LogP contribution in [-0.2, 0) is 0 Å². The lowest BCUT2D eigenvalue weighted by Gasteiger charge is -2.16. The number of aromatic hydroxyl groups is 3. The largest absolute Gasteiger partial charge is 0.508 e. The topological polar surface area (TPSA) is 79.2 Å². The molecule has 45 heavy (non-hydrogen) atoms. The maximum Gasteiger partial charge on any atom is 0.135 e. The number of phenols is 3. The molecule has 0 atom stereocenters. The van der Waals surface area contributed by atoms with Gasteiger partial charge in [-0.3, -0.25) is 0 Å². The van der Waals surface area contributed by atoms with Gasteiger partial charge in [0.25, 0.3) is 0 Å². The fourth-order valence-electron chi connectivity index (χ4n) is 6.14. The first-order valence-electron chi connectivity index (χ1n) is 14.6. The summed E-state index contributed by atoms with van der Waals surface area (Å²) in [5, 5.41) is 38.2. The number of benzene rings is 8. The zero-order chi connectivity index (χ0) is 30.5. The van der Waals surface area contributed by atoms with E-state index >= 15 is 0 Å². The van der Waals surface area contributed by atoms with E-state index in [0.717, 1.165) is 48.7 Å². The van der Waals surface area contributed by atoms with E-state index < -0.39 is 0 Å². The Bertz CT molecular complexity index is 2430. The molecule has 0 saturated carbocycles. The van der Waals surface area contributed by atoms with Crippen molar-refractivity contribution in [3.63, 3.8) is 0 Å². The second-order valence-electron chi connectivity index (χ2n) is 11.0. The normalized spacial score (nSPS) is 11.4. The Morgan fingerprint density at radius 1 is 0.378 bits per heavy atom. The summed E-state index contributed by atoms with van der Waals surface area (Å²) in [6, 6.07) is 43.3. The summed E-state index contributed by atoms with van der Waals surface area (Å²) in [4.78, 5) is 0. The molecule has 216 valence electrons. The van der Waals surface area contributed by atoms with Crippen LogP contribution in [0.5, 0.6) is 40.2 Å². The minimum atomic E-state index is 0.168. The molecule has 0 unspecified atom stereocenters. The minimum Gasteiger partial charge on any atom is -0.508 e. The number of hydrogen-bond donors (Lipinski definition) is 3. The van der Waals surface area contributed by atoms with Gasteiger partial charge in [0.15, 0.2) is 0 Å². The van der Waals surface area contributed by atoms with Crippen LogP contribution in [0.2, 0.25) is 0 Å². The molecule has 0 amide bonds. The number of phenolic OH excluding ortho intramolecular Hbond substituents is 3. The summed E-state index contributed by atoms with van der Waals surface area (Å²) in [5.41, 5.74) is 1.58. The Kier molecular flexibility index (Phi) is 6.17. The van der Waals surface area contributed by atoms with Gasteiger partial charge in [0.2, 0.25) is 0 Å². The van der Waals surface area contributed by atoms with Crippen molar-refractivity contribution < 1.29 is 24.8 Å². The molecule has 0 aliphatic heterocycles. The Hall–Kier alpha value is -6.20. The second kappa shape index (κ2) is 10.5. The van der Waals surface area contributed by atoms with Gasteiger partial charge in [-0.05, 0) is 111 Å². The van der Waals surface area contributed by atoms with Crippen LogP contribution in [-0.4, -0.2) is 15.3 Å². The van der Waals surface area contributed by atoms with Gasteiger partial charge in [-0.2, -0.15) is 0 Å². The predicted octanol–water partition coefficient (Wildman–Crippen LogP) is 10.7. The second-order valence-corrected chi connectivity index (χ2v) is 11.0. The summed E-state index contributed by atoms with van der Waals surface area (Å²) in [7, 11) is 0. The molecular formula is C40H26O5. The fraction of sp³-hybridized carbons (Fsp3) is 0. The van der Waals surface area contributed by atoms with Crippen molar-refractivity contribution in [1.82, 2.24) is 0 Å². The van der Waals surface area contributed by atoms with Crippen LogP contribution in [0.15, 0.2) is 140 Å². The molecule has 0 aromatic heterocycles. The molecule has 8 aromatic rings. The fourth-order valence-corrected chi connectivity index (χ4v) is 6.14. The van der Waals surface area contributed by atoms with Crippen molar-refractivity contribution in [3.8, 4) is 51.4 Å². The Morgan fingerprint density at radius 2 is 0.911 bits per heavy atom. The monoisotopic (exact) mass is 586 g/mol. The molecule has 0 aliphatic rings. The van der Waals surface area contributed by atoms with E-state index in [0.29, 0.717) is 28.6 Å². The Balaban J connectivity index is 1.18. The molecule has 5 heteroatoms. The highest BCUT2D eigenvalue weighted by Gasteiger charge is 2.16. The molecule has 0 saturated heterocycles. The van der Waals surface area contributed by atoms with Crippen molar-refractivity contribution in [1.29, 1.82) is 0 Å². The van der Waals surface area contributed by atoms with Crippen LogP contribution >= 0.6 is 0 Å². The van der Waals surface area contributed by atoms with E-state index in [-0.39, 0.29) is 17.2 Å². The van der Waals surface area contributed by atoms with Gasteiger partial charge in [0, 0.05) is 21.7 Å². The summed E-state index contributed by atoms with van der Waals surface area (Å²) in [6.45, 7) is 0. The van der Waals surface area contributed by atoms with Gasteiger partial charge in [0.05, 0.1) is 0 Å². The van der Waals surface area contributed by atoms with Gasteiger partial charge in [-0.1, -0.05) is 60.7 Å². The van der Waals surface area contributed by atoms with E-state index in [9.17, 15) is 15.3 Å². The highest BCUT2D eigenvalue weighted by molar-refractivity contribution is 6.09. The Morgan fingerprint density at radius 3 is 1.64 bits per heavy atom. The maximum atomic E-state index is 11.1. The quantitative estimate of drug-likeness (QED) is 0.187. The van der Waals surface area contributed by atoms with Crippen LogP contribution in [0.4, 0.5) is 0 Å². The molecule has 0 bridgehead atoms. The summed E-state index contributed by atoms with van der Waals surface area (Å²) in [5.74, 6) is 3.33. The van der Waals surface area contributed by atoms with E-state index in [1.54, 1.807) is 30.3 Å². The van der Waals surface area contributed by atoms with Crippen LogP contribution < -0.4 is 9.47 Å². The lowest BCUT2D eigenvalue weighted by atomic mass is 9.93. The number of rotatable bonds is 5. The van der Waals surface area contributed by atoms with E-state index in [4.69, 9.17) is 9.47 Å². The smallest absolute Gasteiger partial charge is 0.135 e. The van der Waals surface area contributed by atoms with E-state index in [2.05, 4.69) is 0 Å². The predicted molar refractivity (Wildman–Crippen MR) is 180 cm³/mol. The number of hydrogen-bond acceptors (Lipinski definition) is 5. The van der Waals surface area contributed by atoms with Crippen LogP contribution in [0.1, 0.15) is 0 Å². The molecular weight excluding hydrogens is 560 g/mol. The van der Waals surface area contributed by atoms with Gasteiger partial charge >= 0.3 is 0 Å². The summed E-state index contributed by atoms with van der Waals surface area (Å²) < 4.78 is 12.9. The minimum absolute atomic E-state index is 0.168. The molecule has 3 N–H and O–H groups in total. The molecule has 8 rings (SSSR count). The van der Waals surface area contributed by atoms with Crippen molar-refractivity contribution in [3.05, 3.63) is 140 Å². The Labute approximate surface area is 258 Å². The SMILES string of the molecule is Oc1ccc2c(Oc3ccc4c(Oc5cccc6c(-c7cccc8cc(O)ccc78)c(O)ccc56)cccc4c3)cccc2c1. The third-order valence-corrected chi connectivity index (χ3v) is 8.22. The van der Waals surface area contributed by atoms with Crippen LogP contribution in [0, 0.1) is 0 Å². The van der Waals surface area contributed by atoms with Crippen molar-refractivity contribution in [2.45, 2.75) is 0 Å². The molecule has 0 aliphatic carbocycles. The third-order valence-electron chi connectivity index (χ3n) is 8.22. The van der Waals surface area contributed by atoms with E-state index in [1.807, 2.05) is 109 Å². The molecule has 0 heterocycles. The van der Waals surface area contributed by atoms with Gasteiger partial charge in [-0.25, -0.2) is 0 Å². The average molecular weight is 587 g/mol. The highest BCUT2D eigenvalue weighted by atomic mass is 16.5. The first-order valence-corrected chi connectivity index (χ1v) is 14.6. The van der Waals surface area contributed by atoms with Gasteiger partial charge < -0.3 is 24.8 Å². The van der Waals surface area contributed by atoms with Crippen LogP contribution in [0.25, 0.3) is 54.2 Å². The van der Waals surface area contributed by atoms with Gasteiger partial charge in [0.1, 0.15) is 40.2 Å². The van der Waals surface area contributed by atoms with Gasteiger partial charge in [-0.15, -0.1) is 0 Å². The van der Waals surface area contributed by atoms with Crippen molar-refractivity contribution >= 4 is 43.1 Å². The lowest BCUT2D eigenvalue weighted by Crippen LogP contribution is -1.91. The molecule has 0 radical (unpaired) electrons. The zero-order valence-electron chi connectivity index (χ0n) is 23.9. The molecule has 5 nitrogen and oxygen atoms in total. The summed E-state index contributed by atoms with van der Waals surface area (Å²) >= 11 is 0. The van der Waals surface area contributed by atoms with Crippen molar-refractivity contribution in [2.24, 2.45) is 0 Å². The first kappa shape index (κ1) is 26.4. The summed E-state index contributed by atoms with van der Waals surface area (Å²) in [6.07, 6.45) is 0. The third kappa shape index (κ3) is 4.67.